The minimum Gasteiger partial charge on any atom is -0.461 e. The van der Waals surface area contributed by atoms with E-state index >= 15 is 0 Å². The molecule has 1 aliphatic heterocycles. The van der Waals surface area contributed by atoms with Crippen LogP contribution >= 0.6 is 0 Å². The van der Waals surface area contributed by atoms with Crippen LogP contribution in [0.4, 0.5) is 0 Å². The third kappa shape index (κ3) is 1.15. The molecule has 5 atom stereocenters. The fraction of sp³-hybridized carbons (Fsp3) is 0.733. The van der Waals surface area contributed by atoms with Gasteiger partial charge in [0.15, 0.2) is 0 Å². The van der Waals surface area contributed by atoms with Gasteiger partial charge in [-0.05, 0) is 30.6 Å². The van der Waals surface area contributed by atoms with Crippen LogP contribution in [0.25, 0.3) is 0 Å². The van der Waals surface area contributed by atoms with E-state index in [-0.39, 0.29) is 29.8 Å². The highest BCUT2D eigenvalue weighted by atomic mass is 16.6. The number of hydrogen-bond acceptors (Lipinski definition) is 3. The first-order chi connectivity index (χ1) is 8.45. The topological polar surface area (TPSA) is 43.4 Å². The molecule has 0 aromatic heterocycles. The molecule has 3 fully saturated rings. The molecular formula is C15H20O3. The summed E-state index contributed by atoms with van der Waals surface area (Å²) in [6, 6.07) is 0. The first-order valence-electron chi connectivity index (χ1n) is 6.80. The van der Waals surface area contributed by atoms with Gasteiger partial charge in [-0.1, -0.05) is 26.0 Å². The van der Waals surface area contributed by atoms with Crippen LogP contribution in [0.3, 0.4) is 0 Å². The molecule has 0 spiro atoms. The zero-order valence-corrected chi connectivity index (χ0v) is 11.1. The summed E-state index contributed by atoms with van der Waals surface area (Å²) < 4.78 is 5.58. The summed E-state index contributed by atoms with van der Waals surface area (Å²) in [5.74, 6) is 0.387. The number of hydrogen-bond donors (Lipinski definition) is 0. The van der Waals surface area contributed by atoms with E-state index in [1.807, 2.05) is 0 Å². The normalized spacial score (nSPS) is 50.0. The Hall–Kier alpha value is -1.12. The average Bonchev–Trinajstić information content (AvgIpc) is 2.59. The first-order valence-corrected chi connectivity index (χ1v) is 6.80. The molecule has 1 heterocycles. The van der Waals surface area contributed by atoms with Crippen molar-refractivity contribution in [1.82, 2.24) is 0 Å². The lowest BCUT2D eigenvalue weighted by Crippen LogP contribution is -2.51. The molecule has 5 unspecified atom stereocenters. The lowest BCUT2D eigenvalue weighted by atomic mass is 9.48. The molecule has 3 aliphatic rings. The first kappa shape index (κ1) is 11.9. The molecule has 0 N–H and O–H groups in total. The van der Waals surface area contributed by atoms with Crippen molar-refractivity contribution < 1.29 is 14.3 Å². The molecule has 2 saturated carbocycles. The van der Waals surface area contributed by atoms with Crippen molar-refractivity contribution in [3.05, 3.63) is 12.2 Å². The zero-order chi connectivity index (χ0) is 13.1. The van der Waals surface area contributed by atoms with Gasteiger partial charge in [0.05, 0.1) is 5.41 Å². The van der Waals surface area contributed by atoms with E-state index in [9.17, 15) is 9.59 Å². The molecule has 0 amide bonds. The Morgan fingerprint density at radius 1 is 1.50 bits per heavy atom. The minimum atomic E-state index is -0.594. The van der Waals surface area contributed by atoms with E-state index in [1.165, 1.54) is 0 Å². The third-order valence-electron chi connectivity index (χ3n) is 5.95. The summed E-state index contributed by atoms with van der Waals surface area (Å²) in [6.07, 6.45) is 3.74. The lowest BCUT2D eigenvalue weighted by Gasteiger charge is -2.54. The number of aldehydes is 1. The van der Waals surface area contributed by atoms with Crippen molar-refractivity contribution in [2.75, 3.05) is 0 Å². The molecule has 2 bridgehead atoms. The molecule has 3 heteroatoms. The molecule has 0 aromatic carbocycles. The third-order valence-corrected chi connectivity index (χ3v) is 5.95. The Bertz CT molecular complexity index is 441. The quantitative estimate of drug-likeness (QED) is 0.428. The molecule has 1 saturated heterocycles. The molecule has 18 heavy (non-hydrogen) atoms. The van der Waals surface area contributed by atoms with Gasteiger partial charge in [-0.3, -0.25) is 4.79 Å². The summed E-state index contributed by atoms with van der Waals surface area (Å²) in [4.78, 5) is 23.2. The molecule has 0 radical (unpaired) electrons. The summed E-state index contributed by atoms with van der Waals surface area (Å²) >= 11 is 0. The van der Waals surface area contributed by atoms with E-state index in [4.69, 9.17) is 4.74 Å². The maximum atomic E-state index is 12.2. The average molecular weight is 248 g/mol. The Morgan fingerprint density at radius 3 is 2.89 bits per heavy atom. The van der Waals surface area contributed by atoms with Gasteiger partial charge in [-0.2, -0.15) is 0 Å². The Balaban J connectivity index is 2.09. The number of rotatable bonds is 2. The van der Waals surface area contributed by atoms with Crippen LogP contribution in [0.15, 0.2) is 12.2 Å². The maximum Gasteiger partial charge on any atom is 0.313 e. The van der Waals surface area contributed by atoms with Gasteiger partial charge in [0.25, 0.3) is 0 Å². The van der Waals surface area contributed by atoms with Crippen molar-refractivity contribution in [1.29, 1.82) is 0 Å². The highest BCUT2D eigenvalue weighted by Gasteiger charge is 2.66. The standard InChI is InChI=1S/C15H20O3/c1-9-8-11-12-10(2)14(9,3)4-5-15(12,6-7-16)13(17)18-11/h7,9,11-12H,2,4-6,8H2,1,3H3. The smallest absolute Gasteiger partial charge is 0.313 e. The minimum absolute atomic E-state index is 0.0478. The Morgan fingerprint density at radius 2 is 2.22 bits per heavy atom. The van der Waals surface area contributed by atoms with Crippen molar-refractivity contribution in [3.8, 4) is 0 Å². The van der Waals surface area contributed by atoms with E-state index in [0.29, 0.717) is 5.92 Å². The molecule has 98 valence electrons. The second-order valence-electron chi connectivity index (χ2n) is 6.53. The summed E-state index contributed by atoms with van der Waals surface area (Å²) in [5, 5.41) is 0. The van der Waals surface area contributed by atoms with Crippen LogP contribution in [-0.2, 0) is 14.3 Å². The van der Waals surface area contributed by atoms with Gasteiger partial charge >= 0.3 is 5.97 Å². The Kier molecular flexibility index (Phi) is 2.30. The number of carbonyl (C=O) groups is 2. The molecule has 3 nitrogen and oxygen atoms in total. The predicted molar refractivity (Wildman–Crippen MR) is 66.7 cm³/mol. The number of fused-ring (bicyclic) bond motifs is 1. The highest BCUT2D eigenvalue weighted by molar-refractivity contribution is 5.84. The zero-order valence-electron chi connectivity index (χ0n) is 11.1. The maximum absolute atomic E-state index is 12.2. The van der Waals surface area contributed by atoms with E-state index < -0.39 is 5.41 Å². The van der Waals surface area contributed by atoms with Crippen LogP contribution in [-0.4, -0.2) is 18.4 Å². The van der Waals surface area contributed by atoms with Crippen LogP contribution in [0.2, 0.25) is 0 Å². The monoisotopic (exact) mass is 248 g/mol. The molecule has 0 aromatic rings. The van der Waals surface area contributed by atoms with Gasteiger partial charge in [0.2, 0.25) is 0 Å². The van der Waals surface area contributed by atoms with E-state index in [0.717, 1.165) is 31.1 Å². The Labute approximate surface area is 108 Å². The van der Waals surface area contributed by atoms with E-state index in [2.05, 4.69) is 20.4 Å². The van der Waals surface area contributed by atoms with Crippen molar-refractivity contribution >= 4 is 12.3 Å². The fourth-order valence-electron chi connectivity index (χ4n) is 4.44. The van der Waals surface area contributed by atoms with Crippen molar-refractivity contribution in [2.24, 2.45) is 22.7 Å². The number of esters is 1. The van der Waals surface area contributed by atoms with Crippen molar-refractivity contribution in [3.63, 3.8) is 0 Å². The van der Waals surface area contributed by atoms with Gasteiger partial charge in [0.1, 0.15) is 12.4 Å². The van der Waals surface area contributed by atoms with E-state index in [1.54, 1.807) is 0 Å². The fourth-order valence-corrected chi connectivity index (χ4v) is 4.44. The molecule has 2 aliphatic carbocycles. The van der Waals surface area contributed by atoms with Gasteiger partial charge in [-0.25, -0.2) is 0 Å². The summed E-state index contributed by atoms with van der Waals surface area (Å²) in [7, 11) is 0. The summed E-state index contributed by atoms with van der Waals surface area (Å²) in [6.45, 7) is 8.75. The van der Waals surface area contributed by atoms with Crippen LogP contribution in [0.5, 0.6) is 0 Å². The predicted octanol–water partition coefficient (Wildman–Crippen LogP) is 2.50. The van der Waals surface area contributed by atoms with Crippen LogP contribution in [0, 0.1) is 22.7 Å². The molecule has 3 rings (SSSR count). The lowest BCUT2D eigenvalue weighted by molar-refractivity contribution is -0.150. The summed E-state index contributed by atoms with van der Waals surface area (Å²) in [5.41, 5.74) is 0.662. The SMILES string of the molecule is C=C1C2C3CC(C)C1(C)CCC2(CC=O)C(=O)O3. The van der Waals surface area contributed by atoms with Crippen molar-refractivity contribution in [2.45, 2.75) is 45.6 Å². The second-order valence-corrected chi connectivity index (χ2v) is 6.53. The van der Waals surface area contributed by atoms with Crippen LogP contribution in [0.1, 0.15) is 39.5 Å². The van der Waals surface area contributed by atoms with Gasteiger partial charge < -0.3 is 9.53 Å². The largest absolute Gasteiger partial charge is 0.461 e. The van der Waals surface area contributed by atoms with Crippen LogP contribution < -0.4 is 0 Å². The highest BCUT2D eigenvalue weighted by Crippen LogP contribution is 2.65. The number of carbonyl (C=O) groups excluding carboxylic acids is 2. The van der Waals surface area contributed by atoms with Gasteiger partial charge in [-0.15, -0.1) is 0 Å². The van der Waals surface area contributed by atoms with Gasteiger partial charge in [0, 0.05) is 12.3 Å². The second kappa shape index (κ2) is 3.46. The molecular weight excluding hydrogens is 228 g/mol. The number of ether oxygens (including phenoxy) is 1.